The molecular formula is C34H40N6O3. The Kier molecular flexibility index (Phi) is 6.12. The molecule has 9 rings (SSSR count). The molecule has 3 saturated carbocycles. The van der Waals surface area contributed by atoms with Crippen LogP contribution < -0.4 is 16.2 Å². The number of methoxy groups -OCH3 is 1. The molecule has 0 unspecified atom stereocenters. The number of rotatable bonds is 7. The van der Waals surface area contributed by atoms with Gasteiger partial charge in [-0.15, -0.1) is 0 Å². The van der Waals surface area contributed by atoms with Crippen molar-refractivity contribution >= 4 is 33.8 Å². The maximum absolute atomic E-state index is 13.8. The van der Waals surface area contributed by atoms with E-state index < -0.39 is 0 Å². The third kappa shape index (κ3) is 4.26. The van der Waals surface area contributed by atoms with Gasteiger partial charge in [0.25, 0.3) is 5.91 Å². The molecule has 5 aliphatic rings. The highest BCUT2D eigenvalue weighted by Gasteiger charge is 2.41. The molecule has 5 fully saturated rings. The number of nitrogens with two attached hydrogens (primary N) is 2. The fourth-order valence-corrected chi connectivity index (χ4v) is 8.11. The minimum atomic E-state index is -0.194. The van der Waals surface area contributed by atoms with Crippen LogP contribution in [0, 0.1) is 17.8 Å². The molecule has 3 atom stereocenters. The second-order valence-corrected chi connectivity index (χ2v) is 13.5. The molecule has 9 heteroatoms. The van der Waals surface area contributed by atoms with Crippen LogP contribution in [0.4, 0.5) is 0 Å². The summed E-state index contributed by atoms with van der Waals surface area (Å²) in [6.45, 7) is 1.66. The minimum absolute atomic E-state index is 0.0346. The summed E-state index contributed by atoms with van der Waals surface area (Å²) >= 11 is 0. The van der Waals surface area contributed by atoms with Gasteiger partial charge in [0.15, 0.2) is 5.82 Å². The molecule has 224 valence electrons. The summed E-state index contributed by atoms with van der Waals surface area (Å²) in [6.07, 6.45) is 7.09. The zero-order chi connectivity index (χ0) is 29.6. The third-order valence-electron chi connectivity index (χ3n) is 10.9. The van der Waals surface area contributed by atoms with E-state index in [1.54, 1.807) is 7.11 Å². The lowest BCUT2D eigenvalue weighted by molar-refractivity contribution is -0.124. The number of aryl methyl sites for hydroxylation is 1. The van der Waals surface area contributed by atoms with Gasteiger partial charge in [0.1, 0.15) is 11.3 Å². The smallest absolute Gasteiger partial charge is 0.254 e. The fraction of sp³-hybridized carbons (Fsp3) is 0.500. The Morgan fingerprint density at radius 2 is 1.86 bits per heavy atom. The van der Waals surface area contributed by atoms with Gasteiger partial charge in [0.2, 0.25) is 5.91 Å². The molecule has 4 heterocycles. The van der Waals surface area contributed by atoms with Gasteiger partial charge in [-0.2, -0.15) is 0 Å². The topological polar surface area (TPSA) is 121 Å². The van der Waals surface area contributed by atoms with E-state index in [4.69, 9.17) is 21.2 Å². The summed E-state index contributed by atoms with van der Waals surface area (Å²) in [4.78, 5) is 32.8. The van der Waals surface area contributed by atoms with Crippen LogP contribution in [0.2, 0.25) is 0 Å². The van der Waals surface area contributed by atoms with Crippen molar-refractivity contribution in [2.45, 2.75) is 69.5 Å². The molecule has 2 bridgehead atoms. The number of benzene rings is 2. The number of ether oxygens (including phenoxy) is 1. The van der Waals surface area contributed by atoms with E-state index in [1.807, 2.05) is 24.1 Å². The Morgan fingerprint density at radius 3 is 2.53 bits per heavy atom. The van der Waals surface area contributed by atoms with Crippen LogP contribution in [-0.4, -0.2) is 56.6 Å². The molecular weight excluding hydrogens is 540 g/mol. The van der Waals surface area contributed by atoms with Gasteiger partial charge in [-0.25, -0.2) is 4.98 Å². The number of carbonyl (C=O) groups is 2. The largest absolute Gasteiger partial charge is 0.494 e. The lowest BCUT2D eigenvalue weighted by Gasteiger charge is -2.48. The number of fused-ring (bicyclic) bond motifs is 5. The van der Waals surface area contributed by atoms with E-state index in [0.29, 0.717) is 29.1 Å². The molecule has 9 nitrogen and oxygen atoms in total. The van der Waals surface area contributed by atoms with Crippen molar-refractivity contribution in [3.05, 3.63) is 47.5 Å². The molecule has 2 saturated heterocycles. The summed E-state index contributed by atoms with van der Waals surface area (Å²) in [6, 6.07) is 13.0. The average Bonchev–Trinajstić information content (AvgIpc) is 3.64. The van der Waals surface area contributed by atoms with Crippen LogP contribution in [0.3, 0.4) is 0 Å². The molecule has 2 amide bonds. The Bertz CT molecular complexity index is 1780. The van der Waals surface area contributed by atoms with Crippen molar-refractivity contribution in [2.75, 3.05) is 13.7 Å². The Morgan fingerprint density at radius 1 is 1.05 bits per heavy atom. The van der Waals surface area contributed by atoms with E-state index >= 15 is 0 Å². The van der Waals surface area contributed by atoms with Gasteiger partial charge >= 0.3 is 0 Å². The van der Waals surface area contributed by atoms with Crippen molar-refractivity contribution in [2.24, 2.45) is 36.3 Å². The number of imidazole rings is 1. The average molecular weight is 581 g/mol. The molecule has 2 aromatic heterocycles. The van der Waals surface area contributed by atoms with Crippen LogP contribution in [0.25, 0.3) is 33.5 Å². The van der Waals surface area contributed by atoms with E-state index in [0.717, 1.165) is 67.7 Å². The number of primary amides is 1. The van der Waals surface area contributed by atoms with Crippen LogP contribution in [-0.2, 0) is 18.4 Å². The van der Waals surface area contributed by atoms with Gasteiger partial charge in [0, 0.05) is 49.1 Å². The minimum Gasteiger partial charge on any atom is -0.494 e. The van der Waals surface area contributed by atoms with E-state index in [9.17, 15) is 9.59 Å². The first-order valence-electron chi connectivity index (χ1n) is 15.8. The fourth-order valence-electron chi connectivity index (χ4n) is 8.11. The first-order chi connectivity index (χ1) is 20.8. The Labute approximate surface area is 251 Å². The molecule has 0 spiro atoms. The van der Waals surface area contributed by atoms with Gasteiger partial charge in [-0.05, 0) is 86.5 Å². The second kappa shape index (κ2) is 9.84. The van der Waals surface area contributed by atoms with Gasteiger partial charge in [-0.1, -0.05) is 18.2 Å². The first kappa shape index (κ1) is 26.8. The number of nitrogens with zero attached hydrogens (tertiary/aromatic N) is 4. The molecule has 2 aliphatic heterocycles. The maximum Gasteiger partial charge on any atom is 0.254 e. The molecule has 4 N–H and O–H groups in total. The highest BCUT2D eigenvalue weighted by Crippen LogP contribution is 2.46. The number of hydrogen-bond donors (Lipinski definition) is 2. The van der Waals surface area contributed by atoms with Gasteiger partial charge in [0.05, 0.1) is 23.8 Å². The van der Waals surface area contributed by atoms with E-state index in [1.165, 1.54) is 29.3 Å². The zero-order valence-electron chi connectivity index (χ0n) is 25.0. The normalized spacial score (nSPS) is 26.7. The second-order valence-electron chi connectivity index (χ2n) is 13.5. The first-order valence-corrected chi connectivity index (χ1v) is 15.8. The highest BCUT2D eigenvalue weighted by atomic mass is 16.5. The SMILES string of the molecule is COc1cc(C(=O)N2C[C@H]3CC[C@@H]2C[C@@H]3N)cc2nc(-c3cc4cccc(C5CC(C(N)=O)C5)c4n3CC3CC3)n(C)c12. The molecule has 43 heavy (non-hydrogen) atoms. The molecule has 2 aromatic carbocycles. The lowest BCUT2D eigenvalue weighted by Crippen LogP contribution is -2.58. The summed E-state index contributed by atoms with van der Waals surface area (Å²) in [5.41, 5.74) is 17.8. The summed E-state index contributed by atoms with van der Waals surface area (Å²) in [7, 11) is 3.69. The predicted molar refractivity (Wildman–Crippen MR) is 166 cm³/mol. The Hall–Kier alpha value is -3.85. The standard InChI is InChI=1S/C34H40N6O3/c1-38-31-27(12-23(14-29(31)43-2)34(42)39-17-20-8-9-24(39)15-26(20)35)37-33(38)28-13-19-4-3-5-25(21-10-22(11-21)32(36)41)30(19)40(28)16-18-6-7-18/h3-5,12-14,18,20-22,24,26H,6-11,15-17,35H2,1-2H3,(H2,36,41)/t20-,21?,22?,24-,26+/m1/s1. The highest BCUT2D eigenvalue weighted by molar-refractivity contribution is 6.00. The summed E-state index contributed by atoms with van der Waals surface area (Å²) in [5.74, 6) is 2.68. The van der Waals surface area contributed by atoms with E-state index in [2.05, 4.69) is 33.4 Å². The van der Waals surface area contributed by atoms with Crippen molar-refractivity contribution in [3.8, 4) is 17.3 Å². The van der Waals surface area contributed by atoms with Crippen molar-refractivity contribution in [3.63, 3.8) is 0 Å². The van der Waals surface area contributed by atoms with Crippen LogP contribution in [0.1, 0.15) is 66.8 Å². The lowest BCUT2D eigenvalue weighted by atomic mass is 9.71. The monoisotopic (exact) mass is 580 g/mol. The Balaban J connectivity index is 1.22. The van der Waals surface area contributed by atoms with Crippen LogP contribution >= 0.6 is 0 Å². The number of carbonyl (C=O) groups excluding carboxylic acids is 2. The van der Waals surface area contributed by atoms with Crippen LogP contribution in [0.15, 0.2) is 36.4 Å². The number of amides is 2. The van der Waals surface area contributed by atoms with Crippen molar-refractivity contribution in [1.29, 1.82) is 0 Å². The van der Waals surface area contributed by atoms with E-state index in [-0.39, 0.29) is 29.8 Å². The van der Waals surface area contributed by atoms with Crippen molar-refractivity contribution in [1.82, 2.24) is 19.0 Å². The van der Waals surface area contributed by atoms with Gasteiger partial charge < -0.3 is 30.2 Å². The number of aromatic nitrogens is 3. The molecule has 0 radical (unpaired) electrons. The zero-order valence-corrected chi connectivity index (χ0v) is 25.0. The van der Waals surface area contributed by atoms with Gasteiger partial charge in [-0.3, -0.25) is 9.59 Å². The summed E-state index contributed by atoms with van der Waals surface area (Å²) < 4.78 is 10.4. The predicted octanol–water partition coefficient (Wildman–Crippen LogP) is 4.54. The quantitative estimate of drug-likeness (QED) is 0.332. The third-order valence-corrected chi connectivity index (χ3v) is 10.9. The van der Waals surface area contributed by atoms with Crippen molar-refractivity contribution < 1.29 is 14.3 Å². The number of hydrogen-bond acceptors (Lipinski definition) is 5. The number of piperidine rings is 2. The molecule has 3 aliphatic carbocycles. The molecule has 4 aromatic rings. The van der Waals surface area contributed by atoms with Crippen LogP contribution in [0.5, 0.6) is 5.75 Å². The summed E-state index contributed by atoms with van der Waals surface area (Å²) in [5, 5.41) is 1.18. The maximum atomic E-state index is 13.8. The number of para-hydroxylation sites is 1.